The van der Waals surface area contributed by atoms with E-state index >= 15 is 0 Å². The van der Waals surface area contributed by atoms with Gasteiger partial charge in [0.2, 0.25) is 15.8 Å². The summed E-state index contributed by atoms with van der Waals surface area (Å²) in [6.45, 7) is 1.22. The smallest absolute Gasteiger partial charge is 0.355 e. The number of thiophene rings is 1. The van der Waals surface area contributed by atoms with Gasteiger partial charge in [0.1, 0.15) is 5.69 Å². The van der Waals surface area contributed by atoms with E-state index in [-0.39, 0.29) is 23.8 Å². The molecule has 0 spiro atoms. The summed E-state index contributed by atoms with van der Waals surface area (Å²) < 4.78 is 31.0. The van der Waals surface area contributed by atoms with E-state index in [0.29, 0.717) is 16.9 Å². The molecule has 146 valence electrons. The number of carbonyl (C=O) groups is 3. The van der Waals surface area contributed by atoms with Crippen molar-refractivity contribution in [1.29, 1.82) is 0 Å². The van der Waals surface area contributed by atoms with Gasteiger partial charge in [-0.05, 0) is 31.5 Å². The largest absolute Gasteiger partial charge is 0.453 e. The standard InChI is InChI=1S/C17H20N2O6S2/c1-11(20)12-8-14(19(2)9-12)17(22)25-10-15(21)16-5-4-13(26-16)6-7-18-27(3,23)24/h4-5,8-9,18H,6-7,10H2,1-3H3. The van der Waals surface area contributed by atoms with Gasteiger partial charge in [-0.15, -0.1) is 11.3 Å². The minimum atomic E-state index is -3.25. The van der Waals surface area contributed by atoms with Crippen molar-refractivity contribution in [3.8, 4) is 0 Å². The Kier molecular flexibility index (Phi) is 6.68. The molecule has 0 unspecified atom stereocenters. The van der Waals surface area contributed by atoms with Crippen LogP contribution in [0.15, 0.2) is 24.4 Å². The number of aromatic nitrogens is 1. The first-order valence-electron chi connectivity index (χ1n) is 7.98. The third-order valence-corrected chi connectivity index (χ3v) is 5.54. The molecular formula is C17H20N2O6S2. The average Bonchev–Trinajstić information content (AvgIpc) is 3.18. The molecule has 10 heteroatoms. The maximum Gasteiger partial charge on any atom is 0.355 e. The molecular weight excluding hydrogens is 392 g/mol. The molecule has 0 atom stereocenters. The Balaban J connectivity index is 1.90. The Bertz CT molecular complexity index is 971. The third-order valence-electron chi connectivity index (χ3n) is 3.63. The van der Waals surface area contributed by atoms with Crippen LogP contribution >= 0.6 is 11.3 Å². The number of ketones is 2. The highest BCUT2D eigenvalue weighted by Crippen LogP contribution is 2.18. The fraction of sp³-hybridized carbons (Fsp3) is 0.353. The summed E-state index contributed by atoms with van der Waals surface area (Å²) in [6.07, 6.45) is 3.07. The lowest BCUT2D eigenvalue weighted by Crippen LogP contribution is -2.24. The molecule has 2 aromatic heterocycles. The van der Waals surface area contributed by atoms with Crippen molar-refractivity contribution in [2.75, 3.05) is 19.4 Å². The number of hydrogen-bond acceptors (Lipinski definition) is 7. The molecule has 1 N–H and O–H groups in total. The molecule has 0 radical (unpaired) electrons. The zero-order valence-corrected chi connectivity index (χ0v) is 16.8. The fourth-order valence-electron chi connectivity index (χ4n) is 2.26. The van der Waals surface area contributed by atoms with Crippen LogP contribution in [0.25, 0.3) is 0 Å². The van der Waals surface area contributed by atoms with Crippen molar-refractivity contribution >= 4 is 38.9 Å². The summed E-state index contributed by atoms with van der Waals surface area (Å²) in [4.78, 5) is 36.9. The SMILES string of the molecule is CC(=O)c1cc(C(=O)OCC(=O)c2ccc(CCNS(C)(=O)=O)s2)n(C)c1. The number of hydrogen-bond donors (Lipinski definition) is 1. The van der Waals surface area contributed by atoms with Crippen LogP contribution in [0.3, 0.4) is 0 Å². The van der Waals surface area contributed by atoms with Crippen molar-refractivity contribution in [2.45, 2.75) is 13.3 Å². The summed E-state index contributed by atoms with van der Waals surface area (Å²) >= 11 is 1.22. The van der Waals surface area contributed by atoms with Crippen LogP contribution in [-0.2, 0) is 28.2 Å². The Morgan fingerprint density at radius 1 is 1.26 bits per heavy atom. The maximum atomic E-state index is 12.2. The molecule has 0 bridgehead atoms. The van der Waals surface area contributed by atoms with E-state index < -0.39 is 22.6 Å². The number of carbonyl (C=O) groups excluding carboxylic acids is 3. The van der Waals surface area contributed by atoms with Crippen molar-refractivity contribution < 1.29 is 27.5 Å². The second-order valence-corrected chi connectivity index (χ2v) is 8.96. The van der Waals surface area contributed by atoms with E-state index in [4.69, 9.17) is 4.74 Å². The predicted molar refractivity (Wildman–Crippen MR) is 101 cm³/mol. The Labute approximate surface area is 161 Å². The molecule has 8 nitrogen and oxygen atoms in total. The van der Waals surface area contributed by atoms with Crippen LogP contribution < -0.4 is 4.72 Å². The number of aryl methyl sites for hydroxylation is 1. The zero-order chi connectivity index (χ0) is 20.2. The van der Waals surface area contributed by atoms with E-state index in [1.807, 2.05) is 0 Å². The molecule has 0 aliphatic carbocycles. The number of rotatable bonds is 9. The first-order chi connectivity index (χ1) is 12.6. The number of Topliss-reactive ketones (excluding diaryl/α,β-unsaturated/α-hetero) is 2. The molecule has 0 saturated heterocycles. The van der Waals surface area contributed by atoms with Crippen LogP contribution in [0.5, 0.6) is 0 Å². The quantitative estimate of drug-likeness (QED) is 0.492. The summed E-state index contributed by atoms with van der Waals surface area (Å²) in [6, 6.07) is 4.78. The Hall–Kier alpha value is -2.30. The maximum absolute atomic E-state index is 12.2. The zero-order valence-electron chi connectivity index (χ0n) is 15.1. The van der Waals surface area contributed by atoms with Crippen LogP contribution in [0.4, 0.5) is 0 Å². The van der Waals surface area contributed by atoms with Gasteiger partial charge in [-0.3, -0.25) is 9.59 Å². The molecule has 0 saturated carbocycles. The van der Waals surface area contributed by atoms with Gasteiger partial charge in [-0.1, -0.05) is 0 Å². The molecule has 0 aromatic carbocycles. The number of nitrogens with one attached hydrogen (secondary N) is 1. The summed E-state index contributed by atoms with van der Waals surface area (Å²) in [5, 5.41) is 0. The van der Waals surface area contributed by atoms with Gasteiger partial charge in [0, 0.05) is 30.2 Å². The van der Waals surface area contributed by atoms with Crippen molar-refractivity contribution in [2.24, 2.45) is 7.05 Å². The minimum absolute atomic E-state index is 0.169. The number of ether oxygens (including phenoxy) is 1. The topological polar surface area (TPSA) is 112 Å². The molecule has 2 heterocycles. The van der Waals surface area contributed by atoms with E-state index in [9.17, 15) is 22.8 Å². The van der Waals surface area contributed by atoms with Gasteiger partial charge in [0.05, 0.1) is 11.1 Å². The van der Waals surface area contributed by atoms with Gasteiger partial charge in [0.25, 0.3) is 0 Å². The minimum Gasteiger partial charge on any atom is -0.453 e. The predicted octanol–water partition coefficient (Wildman–Crippen LogP) is 1.42. The Morgan fingerprint density at radius 2 is 1.96 bits per heavy atom. The number of esters is 1. The molecule has 0 aliphatic rings. The van der Waals surface area contributed by atoms with Crippen LogP contribution in [0.2, 0.25) is 0 Å². The van der Waals surface area contributed by atoms with Crippen LogP contribution in [-0.4, -0.2) is 49.9 Å². The third kappa shape index (κ3) is 6.12. The van der Waals surface area contributed by atoms with Gasteiger partial charge in [-0.2, -0.15) is 0 Å². The van der Waals surface area contributed by atoms with E-state index in [1.165, 1.54) is 35.1 Å². The summed E-state index contributed by atoms with van der Waals surface area (Å²) in [5.41, 5.74) is 0.577. The van der Waals surface area contributed by atoms with Crippen molar-refractivity contribution in [1.82, 2.24) is 9.29 Å². The first-order valence-corrected chi connectivity index (χ1v) is 10.7. The van der Waals surface area contributed by atoms with E-state index in [1.54, 1.807) is 19.2 Å². The van der Waals surface area contributed by atoms with Gasteiger partial charge in [-0.25, -0.2) is 17.9 Å². The summed E-state index contributed by atoms with van der Waals surface area (Å²) in [5.74, 6) is -1.21. The Morgan fingerprint density at radius 3 is 2.56 bits per heavy atom. The van der Waals surface area contributed by atoms with Gasteiger partial charge in [0.15, 0.2) is 12.4 Å². The van der Waals surface area contributed by atoms with Gasteiger partial charge >= 0.3 is 5.97 Å². The van der Waals surface area contributed by atoms with Crippen molar-refractivity contribution in [3.63, 3.8) is 0 Å². The molecule has 0 fully saturated rings. The van der Waals surface area contributed by atoms with Crippen LogP contribution in [0, 0.1) is 0 Å². The van der Waals surface area contributed by atoms with Gasteiger partial charge < -0.3 is 9.30 Å². The molecule has 27 heavy (non-hydrogen) atoms. The normalized spacial score (nSPS) is 11.4. The highest BCUT2D eigenvalue weighted by molar-refractivity contribution is 7.88. The molecule has 2 rings (SSSR count). The molecule has 0 aliphatic heterocycles. The van der Waals surface area contributed by atoms with Crippen molar-refractivity contribution in [3.05, 3.63) is 45.4 Å². The highest BCUT2D eigenvalue weighted by atomic mass is 32.2. The highest BCUT2D eigenvalue weighted by Gasteiger charge is 2.18. The molecule has 0 amide bonds. The number of sulfonamides is 1. The monoisotopic (exact) mass is 412 g/mol. The second kappa shape index (κ2) is 8.59. The molecule has 2 aromatic rings. The fourth-order valence-corrected chi connectivity index (χ4v) is 3.66. The number of nitrogens with zero attached hydrogens (tertiary/aromatic N) is 1. The lowest BCUT2D eigenvalue weighted by molar-refractivity contribution is 0.0466. The lowest BCUT2D eigenvalue weighted by atomic mass is 10.2. The van der Waals surface area contributed by atoms with Crippen LogP contribution in [0.1, 0.15) is 42.3 Å². The van der Waals surface area contributed by atoms with E-state index in [2.05, 4.69) is 4.72 Å². The van der Waals surface area contributed by atoms with E-state index in [0.717, 1.165) is 11.1 Å². The first kappa shape index (κ1) is 21.0. The second-order valence-electron chi connectivity index (χ2n) is 5.96. The summed E-state index contributed by atoms with van der Waals surface area (Å²) in [7, 11) is -1.64. The lowest BCUT2D eigenvalue weighted by Gasteiger charge is -2.04. The average molecular weight is 412 g/mol.